The van der Waals surface area contributed by atoms with Crippen molar-refractivity contribution in [3.8, 4) is 0 Å². The minimum atomic E-state index is -0.183. The Morgan fingerprint density at radius 1 is 0.597 bits per heavy atom. The second-order valence-electron chi connectivity index (χ2n) is 15.5. The zero-order valence-electron chi connectivity index (χ0n) is 46.1. The molecule has 0 aromatic carbocycles. The molecule has 21 nitrogen and oxygen atoms in total. The van der Waals surface area contributed by atoms with Crippen molar-refractivity contribution >= 4 is 129 Å². The Balaban J connectivity index is -0.000000864. The zero-order chi connectivity index (χ0) is 55.8. The first-order chi connectivity index (χ1) is 34.8. The van der Waals surface area contributed by atoms with Crippen molar-refractivity contribution in [2.24, 2.45) is 35.2 Å². The number of carbonyl (C=O) groups excluding carboxylic acids is 1. The van der Waals surface area contributed by atoms with Gasteiger partial charge < -0.3 is 44.3 Å². The number of H-pyrrole nitrogens is 4. The van der Waals surface area contributed by atoms with E-state index in [-0.39, 0.29) is 79.1 Å². The molecule has 0 atom stereocenters. The van der Waals surface area contributed by atoms with E-state index in [2.05, 4.69) is 134 Å². The van der Waals surface area contributed by atoms with Crippen LogP contribution in [-0.2, 0) is 58.7 Å². The molecule has 0 aliphatic rings. The molecule has 32 heteroatoms. The van der Waals surface area contributed by atoms with Crippen LogP contribution in [0.5, 0.6) is 0 Å². The number of alkyl halides is 1. The first kappa shape index (κ1) is 76.0. The number of hydrogen-bond acceptors (Lipinski definition) is 15. The molecule has 0 unspecified atom stereocenters. The third-order valence-electron chi connectivity index (χ3n) is 10.2. The molecule has 8 aromatic heterocycles. The number of nitrogens with one attached hydrogen (secondary N) is 4. The second kappa shape index (κ2) is 39.4. The van der Waals surface area contributed by atoms with Crippen LogP contribution in [0.2, 0.25) is 0 Å². The molecule has 8 heterocycles. The van der Waals surface area contributed by atoms with Crippen molar-refractivity contribution < 1.29 is 40.9 Å². The summed E-state index contributed by atoms with van der Waals surface area (Å²) in [6.07, 6.45) is 9.59. The van der Waals surface area contributed by atoms with Gasteiger partial charge in [-0.1, -0.05) is 39.5 Å². The maximum absolute atomic E-state index is 11.3. The van der Waals surface area contributed by atoms with Gasteiger partial charge in [-0.25, -0.2) is 34.9 Å². The van der Waals surface area contributed by atoms with Crippen LogP contribution in [0.1, 0.15) is 80.9 Å². The SMILES string of the molecule is BrP(Br)Br.Cc1cc(=O)[nH]c(=S)[nH]1.Cc1cc(=O)[nH]c(SCc2cnc(C)n2C)n1.Cc1cc(=O)[nH]c(SCc2cnc(C)n2C)n1.Cc1ncc(C=O)n1C.Cc1ncc(CBr)n1C.Cc1ncc(CO)n1C.Cl.[B].[H-].[Na+]. The Kier molecular flexibility index (Phi) is 38.9. The minimum Gasteiger partial charge on any atom is -1.00 e. The number of aryl methyl sites for hydroxylation is 8. The number of aliphatic hydroxyl groups is 1. The van der Waals surface area contributed by atoms with Gasteiger partial charge in [0, 0.05) is 131 Å². The largest absolute Gasteiger partial charge is 1.00 e. The number of halogens is 5. The molecule has 0 aliphatic heterocycles. The summed E-state index contributed by atoms with van der Waals surface area (Å²) >= 11 is 20.5. The molecule has 77 heavy (non-hydrogen) atoms. The topological polar surface area (TPSA) is 267 Å². The molecule has 0 fully saturated rings. The van der Waals surface area contributed by atoms with Gasteiger partial charge in [0.25, 0.3) is 16.7 Å². The van der Waals surface area contributed by atoms with Gasteiger partial charge in [0.2, 0.25) is 0 Å². The number of nitrogens with zero attached hydrogens (tertiary/aromatic N) is 12. The monoisotopic (exact) mass is 1420 g/mol. The summed E-state index contributed by atoms with van der Waals surface area (Å²) in [5.74, 6) is 6.28. The number of aliphatic hydroxyl groups excluding tert-OH is 1. The molecule has 0 spiro atoms. The van der Waals surface area contributed by atoms with Crippen LogP contribution >= 0.6 is 115 Å². The number of thioether (sulfide) groups is 2. The molecular weight excluding hydrogens is 1360 g/mol. The number of rotatable bonds is 9. The van der Waals surface area contributed by atoms with E-state index in [1.54, 1.807) is 23.9 Å². The van der Waals surface area contributed by atoms with Crippen LogP contribution < -0.4 is 46.2 Å². The number of carbonyl (C=O) groups is 1. The summed E-state index contributed by atoms with van der Waals surface area (Å²) in [6.45, 7) is 15.1. The van der Waals surface area contributed by atoms with Crippen LogP contribution in [0.25, 0.3) is 0 Å². The first-order valence-electron chi connectivity index (χ1n) is 21.8. The summed E-state index contributed by atoms with van der Waals surface area (Å²) < 4.78 is 9.92. The van der Waals surface area contributed by atoms with Crippen molar-refractivity contribution in [1.82, 2.24) is 77.7 Å². The predicted molar refractivity (Wildman–Crippen MR) is 327 cm³/mol. The molecule has 415 valence electrons. The molecule has 0 saturated heterocycles. The summed E-state index contributed by atoms with van der Waals surface area (Å²) in [4.78, 5) is 82.9. The fraction of sp³-hybridized carbons (Fsp3) is 0.378. The number of aldehydes is 1. The Labute approximate surface area is 526 Å². The molecule has 0 bridgehead atoms. The Bertz CT molecular complexity index is 3100. The van der Waals surface area contributed by atoms with Crippen molar-refractivity contribution in [3.63, 3.8) is 0 Å². The van der Waals surface area contributed by atoms with Gasteiger partial charge in [0.1, 0.15) is 38.8 Å². The van der Waals surface area contributed by atoms with Crippen molar-refractivity contribution in [1.29, 1.82) is 0 Å². The normalized spacial score (nSPS) is 9.81. The number of imidazole rings is 5. The van der Waals surface area contributed by atoms with Crippen LogP contribution in [0.4, 0.5) is 0 Å². The third-order valence-corrected chi connectivity index (χ3v) is 12.8. The maximum Gasteiger partial charge on any atom is 1.00 e. The van der Waals surface area contributed by atoms with Gasteiger partial charge in [-0.15, -0.1) is 12.4 Å². The van der Waals surface area contributed by atoms with E-state index in [0.717, 1.165) is 86.4 Å². The van der Waals surface area contributed by atoms with Crippen LogP contribution in [0.3, 0.4) is 0 Å². The maximum atomic E-state index is 11.3. The Morgan fingerprint density at radius 3 is 1.17 bits per heavy atom. The second-order valence-corrected chi connectivity index (χ2v) is 33.8. The van der Waals surface area contributed by atoms with Gasteiger partial charge in [-0.05, 0) is 114 Å². The van der Waals surface area contributed by atoms with Gasteiger partial charge in [-0.3, -0.25) is 24.2 Å². The first-order valence-corrected chi connectivity index (χ1v) is 32.7. The minimum absolute atomic E-state index is 0. The standard InChI is InChI=1S/2C11H14N4OS.C6H9BrN2.C6H10N2O.C6H8N2O.C5H6N2OS.B.Br3P.ClH.Na.H/c2*1-7-4-10(16)14-11(13-7)17-6-9-5-12-8(2)15(9)3;1-5-8-4-6(3-7)9(5)2;2*1-5-7-3-6(4-9)8(5)2;1-3-2-4(8)7-5(9)6-3;;1-4(2)3;;;/h2*4-5H,6H2,1-3H3,(H,13,14,16);4H,3H2,1-2H3;3,9H,4H2,1-2H3;3-4H,1-2H3;2H,1H3,(H2,6,7,8,9);;;1H;;/q;;;;;;;;;+1;-1. The van der Waals surface area contributed by atoms with Crippen molar-refractivity contribution in [2.45, 2.75) is 89.1 Å². The van der Waals surface area contributed by atoms with Crippen LogP contribution in [0, 0.1) is 60.2 Å². The van der Waals surface area contributed by atoms with E-state index < -0.39 is 0 Å². The predicted octanol–water partition coefficient (Wildman–Crippen LogP) is 6.51. The van der Waals surface area contributed by atoms with Gasteiger partial charge in [0.05, 0.1) is 24.7 Å². The molecule has 5 N–H and O–H groups in total. The van der Waals surface area contributed by atoms with E-state index in [1.165, 1.54) is 47.4 Å². The quantitative estimate of drug-likeness (QED) is 0.0196. The molecule has 8 aromatic rings. The molecule has 0 saturated carbocycles. The zero-order valence-corrected chi connectivity index (χ0v) is 57.6. The molecule has 0 amide bonds. The van der Waals surface area contributed by atoms with E-state index in [0.29, 0.717) is 20.8 Å². The summed E-state index contributed by atoms with van der Waals surface area (Å²) in [5, 5.41) is 10.8. The fourth-order valence-corrected chi connectivity index (χ4v) is 8.13. The number of aromatic amines is 4. The molecule has 3 radical (unpaired) electrons. The molecular formula is C45H63BBr4ClN16NaO5PS3. The van der Waals surface area contributed by atoms with Gasteiger partial charge in [0.15, 0.2) is 21.4 Å². The number of aromatic nitrogens is 16. The van der Waals surface area contributed by atoms with Crippen LogP contribution in [-0.4, -0.2) is 97.5 Å². The Hall–Kier alpha value is -3.06. The van der Waals surface area contributed by atoms with Gasteiger partial charge >= 0.3 is 29.6 Å². The van der Waals surface area contributed by atoms with Gasteiger partial charge in [-0.2, -0.15) is 0 Å². The summed E-state index contributed by atoms with van der Waals surface area (Å²) in [5.41, 5.74) is 6.78. The summed E-state index contributed by atoms with van der Waals surface area (Å²) in [6, 6.07) is 4.42. The van der Waals surface area contributed by atoms with E-state index in [4.69, 9.17) is 5.11 Å². The molecule has 0 aliphatic carbocycles. The number of hydrogen-bond donors (Lipinski definition) is 5. The van der Waals surface area contributed by atoms with Crippen LogP contribution in [0.15, 0.2) is 73.9 Å². The fourth-order valence-electron chi connectivity index (χ4n) is 5.48. The third kappa shape index (κ3) is 28.3. The van der Waals surface area contributed by atoms with Crippen molar-refractivity contribution in [2.75, 3.05) is 0 Å². The average Bonchev–Trinajstić information content (AvgIpc) is 4.11. The van der Waals surface area contributed by atoms with E-state index >= 15 is 0 Å². The van der Waals surface area contributed by atoms with E-state index in [1.807, 2.05) is 116 Å². The summed E-state index contributed by atoms with van der Waals surface area (Å²) in [7, 11) is 9.66. The smallest absolute Gasteiger partial charge is 1.00 e. The van der Waals surface area contributed by atoms with E-state index in [9.17, 15) is 19.2 Å². The molecule has 8 rings (SSSR count). The average molecular weight is 1420 g/mol. The Morgan fingerprint density at radius 2 is 0.935 bits per heavy atom. The van der Waals surface area contributed by atoms with Crippen molar-refractivity contribution in [3.05, 3.63) is 160 Å².